The Kier molecular flexibility index (Phi) is 4.46. The lowest BCUT2D eigenvalue weighted by atomic mass is 10.1. The Labute approximate surface area is 109 Å². The monoisotopic (exact) mass is 293 g/mol. The molecule has 0 aliphatic heterocycles. The molecule has 0 spiro atoms. The third-order valence-corrected chi connectivity index (χ3v) is 3.37. The van der Waals surface area contributed by atoms with Crippen LogP contribution in [0.3, 0.4) is 0 Å². The van der Waals surface area contributed by atoms with E-state index >= 15 is 0 Å². The van der Waals surface area contributed by atoms with E-state index in [0.29, 0.717) is 12.1 Å². The first-order valence-corrected chi connectivity index (χ1v) is 7.29. The highest BCUT2D eigenvalue weighted by molar-refractivity contribution is 7.90. The third kappa shape index (κ3) is 4.16. The highest BCUT2D eigenvalue weighted by Crippen LogP contribution is 2.24. The molecule has 0 fully saturated rings. The van der Waals surface area contributed by atoms with Crippen LogP contribution in [0.5, 0.6) is 0 Å². The number of carbonyl (C=O) groups is 1. The Morgan fingerprint density at radius 2 is 1.79 bits per heavy atom. The molecule has 1 N–H and O–H groups in total. The molecule has 106 valence electrons. The molecule has 0 heterocycles. The second-order valence-corrected chi connectivity index (χ2v) is 6.40. The van der Waals surface area contributed by atoms with Crippen molar-refractivity contribution in [3.63, 3.8) is 0 Å². The Balaban J connectivity index is 3.04. The minimum absolute atomic E-state index is 0.0981. The van der Waals surface area contributed by atoms with Gasteiger partial charge in [0.25, 0.3) is 0 Å². The van der Waals surface area contributed by atoms with Gasteiger partial charge in [0.05, 0.1) is 11.3 Å². The van der Waals surface area contributed by atoms with Gasteiger partial charge in [0.2, 0.25) is 0 Å². The second-order valence-electron chi connectivity index (χ2n) is 4.15. The number of aromatic carboxylic acids is 1. The van der Waals surface area contributed by atoms with Crippen LogP contribution >= 0.6 is 0 Å². The van der Waals surface area contributed by atoms with Crippen LogP contribution in [0.15, 0.2) is 12.1 Å². The summed E-state index contributed by atoms with van der Waals surface area (Å²) in [5.41, 5.74) is -0.955. The molecule has 19 heavy (non-hydrogen) atoms. The lowest BCUT2D eigenvalue weighted by Crippen LogP contribution is -2.26. The minimum atomic E-state index is -3.26. The van der Waals surface area contributed by atoms with Gasteiger partial charge in [-0.1, -0.05) is 0 Å². The number of benzene rings is 1. The molecule has 1 rings (SSSR count). The molecule has 0 aliphatic rings. The molecule has 0 saturated heterocycles. The second kappa shape index (κ2) is 5.52. The van der Waals surface area contributed by atoms with Gasteiger partial charge in [-0.3, -0.25) is 0 Å². The van der Waals surface area contributed by atoms with Crippen LogP contribution in [0.2, 0.25) is 0 Å². The van der Waals surface area contributed by atoms with Crippen molar-refractivity contribution >= 4 is 21.5 Å². The molecule has 1 aromatic carbocycles. The molecular weight excluding hydrogens is 280 g/mol. The summed E-state index contributed by atoms with van der Waals surface area (Å²) in [5, 5.41) is 8.65. The van der Waals surface area contributed by atoms with E-state index < -0.39 is 38.7 Å². The molecule has 0 saturated carbocycles. The van der Waals surface area contributed by atoms with Crippen LogP contribution in [-0.2, 0) is 9.84 Å². The van der Waals surface area contributed by atoms with E-state index in [9.17, 15) is 22.0 Å². The number of anilines is 1. The fraction of sp³-hybridized carbons (Fsp3) is 0.364. The highest BCUT2D eigenvalue weighted by atomic mass is 32.2. The van der Waals surface area contributed by atoms with Crippen molar-refractivity contribution in [2.24, 2.45) is 0 Å². The topological polar surface area (TPSA) is 74.7 Å². The number of carboxylic acid groups (broad SMARTS) is 1. The van der Waals surface area contributed by atoms with E-state index in [2.05, 4.69) is 0 Å². The lowest BCUT2D eigenvalue weighted by molar-refractivity contribution is 0.0695. The molecule has 0 bridgehead atoms. The summed E-state index contributed by atoms with van der Waals surface area (Å²) in [6.45, 7) is -0.0981. The average Bonchev–Trinajstić information content (AvgIpc) is 2.24. The van der Waals surface area contributed by atoms with Gasteiger partial charge in [-0.2, -0.15) is 0 Å². The summed E-state index contributed by atoms with van der Waals surface area (Å²) in [6.07, 6.45) is 1.01. The van der Waals surface area contributed by atoms with Crippen molar-refractivity contribution < 1.29 is 27.1 Å². The number of carboxylic acids is 1. The Bertz CT molecular complexity index is 578. The van der Waals surface area contributed by atoms with Crippen molar-refractivity contribution in [1.82, 2.24) is 0 Å². The minimum Gasteiger partial charge on any atom is -0.478 e. The Morgan fingerprint density at radius 1 is 1.32 bits per heavy atom. The summed E-state index contributed by atoms with van der Waals surface area (Å²) in [5.74, 6) is -3.80. The smallest absolute Gasteiger partial charge is 0.335 e. The van der Waals surface area contributed by atoms with Crippen molar-refractivity contribution in [2.75, 3.05) is 30.5 Å². The summed E-state index contributed by atoms with van der Waals surface area (Å²) < 4.78 is 49.3. The summed E-state index contributed by atoms with van der Waals surface area (Å²) in [4.78, 5) is 11.7. The SMILES string of the molecule is CN(CCS(C)(=O)=O)c1c(F)cc(C(=O)O)cc1F. The number of hydrogen-bond donors (Lipinski definition) is 1. The zero-order valence-corrected chi connectivity index (χ0v) is 11.2. The maximum atomic E-state index is 13.6. The van der Waals surface area contributed by atoms with Gasteiger partial charge >= 0.3 is 5.97 Å². The van der Waals surface area contributed by atoms with E-state index in [4.69, 9.17) is 5.11 Å². The standard InChI is InChI=1S/C11H13F2NO4S/c1-14(3-4-19(2,17)18)10-8(12)5-7(11(15)16)6-9(10)13/h5-6H,3-4H2,1-2H3,(H,15,16). The number of hydrogen-bond acceptors (Lipinski definition) is 4. The Hall–Kier alpha value is -1.70. The maximum Gasteiger partial charge on any atom is 0.335 e. The quantitative estimate of drug-likeness (QED) is 0.881. The van der Waals surface area contributed by atoms with Gasteiger partial charge in [-0.15, -0.1) is 0 Å². The van der Waals surface area contributed by atoms with Gasteiger partial charge in [-0.25, -0.2) is 22.0 Å². The number of halogens is 2. The van der Waals surface area contributed by atoms with Crippen LogP contribution in [0, 0.1) is 11.6 Å². The summed E-state index contributed by atoms with van der Waals surface area (Å²) in [6, 6.07) is 1.38. The fourth-order valence-electron chi connectivity index (χ4n) is 1.47. The zero-order valence-electron chi connectivity index (χ0n) is 10.4. The molecule has 0 radical (unpaired) electrons. The zero-order chi connectivity index (χ0) is 14.8. The van der Waals surface area contributed by atoms with E-state index in [1.807, 2.05) is 0 Å². The van der Waals surface area contributed by atoms with Gasteiger partial charge in [0.15, 0.2) is 0 Å². The van der Waals surface area contributed by atoms with Crippen LogP contribution < -0.4 is 4.90 Å². The Morgan fingerprint density at radius 3 is 2.16 bits per heavy atom. The first-order chi connectivity index (χ1) is 8.61. The van der Waals surface area contributed by atoms with Gasteiger partial charge in [-0.05, 0) is 12.1 Å². The van der Waals surface area contributed by atoms with Crippen molar-refractivity contribution in [2.45, 2.75) is 0 Å². The largest absolute Gasteiger partial charge is 0.478 e. The molecule has 0 aromatic heterocycles. The van der Waals surface area contributed by atoms with Crippen molar-refractivity contribution in [3.8, 4) is 0 Å². The van der Waals surface area contributed by atoms with Crippen LogP contribution in [-0.4, -0.2) is 45.1 Å². The van der Waals surface area contributed by atoms with Gasteiger partial charge in [0.1, 0.15) is 27.2 Å². The predicted molar refractivity (Wildman–Crippen MR) is 66.3 cm³/mol. The first kappa shape index (κ1) is 15.4. The molecule has 0 amide bonds. The average molecular weight is 293 g/mol. The lowest BCUT2D eigenvalue weighted by Gasteiger charge is -2.20. The normalized spacial score (nSPS) is 11.4. The number of rotatable bonds is 5. The summed E-state index contributed by atoms with van der Waals surface area (Å²) >= 11 is 0. The maximum absolute atomic E-state index is 13.6. The van der Waals surface area contributed by atoms with E-state index in [-0.39, 0.29) is 12.3 Å². The van der Waals surface area contributed by atoms with E-state index in [1.165, 1.54) is 7.05 Å². The highest BCUT2D eigenvalue weighted by Gasteiger charge is 2.18. The molecule has 5 nitrogen and oxygen atoms in total. The first-order valence-electron chi connectivity index (χ1n) is 5.23. The van der Waals surface area contributed by atoms with Gasteiger partial charge < -0.3 is 10.0 Å². The molecule has 0 aliphatic carbocycles. The van der Waals surface area contributed by atoms with Crippen LogP contribution in [0.4, 0.5) is 14.5 Å². The van der Waals surface area contributed by atoms with E-state index in [1.54, 1.807) is 0 Å². The molecule has 0 atom stereocenters. The molecule has 1 aromatic rings. The van der Waals surface area contributed by atoms with Crippen molar-refractivity contribution in [1.29, 1.82) is 0 Å². The summed E-state index contributed by atoms with van der Waals surface area (Å²) in [7, 11) is -1.93. The van der Waals surface area contributed by atoms with Gasteiger partial charge in [0, 0.05) is 19.8 Å². The third-order valence-electron chi connectivity index (χ3n) is 2.44. The number of sulfone groups is 1. The van der Waals surface area contributed by atoms with E-state index in [0.717, 1.165) is 11.2 Å². The molecular formula is C11H13F2NO4S. The fourth-order valence-corrected chi connectivity index (χ4v) is 2.07. The van der Waals surface area contributed by atoms with Crippen molar-refractivity contribution in [3.05, 3.63) is 29.3 Å². The number of nitrogens with zero attached hydrogens (tertiary/aromatic N) is 1. The van der Waals surface area contributed by atoms with Crippen LogP contribution in [0.1, 0.15) is 10.4 Å². The predicted octanol–water partition coefficient (Wildman–Crippen LogP) is 1.14. The molecule has 0 unspecified atom stereocenters. The van der Waals surface area contributed by atoms with Crippen LogP contribution in [0.25, 0.3) is 0 Å². The molecule has 8 heteroatoms.